The molecule has 144 valence electrons. The molecule has 4 rings (SSSR count). The predicted octanol–water partition coefficient (Wildman–Crippen LogP) is 2.52. The van der Waals surface area contributed by atoms with Gasteiger partial charge in [0, 0.05) is 63.9 Å². The van der Waals surface area contributed by atoms with Gasteiger partial charge in [0.1, 0.15) is 5.82 Å². The molecule has 3 aromatic rings. The first-order chi connectivity index (χ1) is 13.9. The minimum Gasteiger partial charge on any atom is -0.353 e. The van der Waals surface area contributed by atoms with E-state index in [1.807, 2.05) is 24.5 Å². The Bertz CT molecular complexity index is 819. The van der Waals surface area contributed by atoms with Crippen LogP contribution in [0.3, 0.4) is 0 Å². The Morgan fingerprint density at radius 2 is 1.68 bits per heavy atom. The van der Waals surface area contributed by atoms with Crippen molar-refractivity contribution in [3.63, 3.8) is 0 Å². The smallest absolute Gasteiger partial charge is 0.147 e. The van der Waals surface area contributed by atoms with E-state index < -0.39 is 0 Å². The second-order valence-corrected chi connectivity index (χ2v) is 7.02. The van der Waals surface area contributed by atoms with E-state index in [4.69, 9.17) is 0 Å². The lowest BCUT2D eigenvalue weighted by atomic mass is 10.1. The van der Waals surface area contributed by atoms with Crippen LogP contribution in [0.15, 0.2) is 73.3 Å². The van der Waals surface area contributed by atoms with Crippen molar-refractivity contribution in [3.05, 3.63) is 84.6 Å². The number of piperazine rings is 1. The minimum absolute atomic E-state index is 0.270. The largest absolute Gasteiger partial charge is 0.353 e. The summed E-state index contributed by atoms with van der Waals surface area (Å²) in [7, 11) is 0. The topological polar surface area (TPSA) is 57.2 Å². The Kier molecular flexibility index (Phi) is 6.22. The van der Waals surface area contributed by atoms with Gasteiger partial charge < -0.3 is 10.2 Å². The highest BCUT2D eigenvalue weighted by molar-refractivity contribution is 5.35. The fourth-order valence-corrected chi connectivity index (χ4v) is 3.58. The zero-order chi connectivity index (χ0) is 19.0. The SMILES string of the molecule is c1ccc(C(CN2CCN(c3cnccn3)CC2)NCc2ccccn2)cc1. The van der Waals surface area contributed by atoms with E-state index in [-0.39, 0.29) is 6.04 Å². The van der Waals surface area contributed by atoms with Crippen LogP contribution in [0.5, 0.6) is 0 Å². The highest BCUT2D eigenvalue weighted by atomic mass is 15.3. The van der Waals surface area contributed by atoms with Crippen LogP contribution in [-0.4, -0.2) is 52.6 Å². The van der Waals surface area contributed by atoms with Crippen LogP contribution in [0.2, 0.25) is 0 Å². The van der Waals surface area contributed by atoms with Gasteiger partial charge in [0.15, 0.2) is 0 Å². The maximum atomic E-state index is 4.44. The van der Waals surface area contributed by atoms with E-state index in [1.54, 1.807) is 12.4 Å². The Morgan fingerprint density at radius 3 is 2.39 bits per heavy atom. The third kappa shape index (κ3) is 4.91. The molecule has 2 aromatic heterocycles. The maximum absolute atomic E-state index is 4.44. The molecule has 1 N–H and O–H groups in total. The summed E-state index contributed by atoms with van der Waals surface area (Å²) in [5.41, 5.74) is 2.38. The van der Waals surface area contributed by atoms with Gasteiger partial charge in [-0.15, -0.1) is 0 Å². The lowest BCUT2D eigenvalue weighted by molar-refractivity contribution is 0.228. The summed E-state index contributed by atoms with van der Waals surface area (Å²) in [5.74, 6) is 0.968. The van der Waals surface area contributed by atoms with Crippen LogP contribution in [-0.2, 0) is 6.54 Å². The van der Waals surface area contributed by atoms with E-state index in [0.717, 1.165) is 50.8 Å². The standard InChI is InChI=1S/C22H26N6/c1-2-6-19(7-3-1)21(26-16-20-8-4-5-9-24-20)18-27-12-14-28(15-13-27)22-17-23-10-11-25-22/h1-11,17,21,26H,12-16,18H2. The molecule has 1 aromatic carbocycles. The zero-order valence-corrected chi connectivity index (χ0v) is 16.0. The molecule has 0 radical (unpaired) electrons. The van der Waals surface area contributed by atoms with Crippen molar-refractivity contribution in [3.8, 4) is 0 Å². The van der Waals surface area contributed by atoms with Crippen molar-refractivity contribution in [2.45, 2.75) is 12.6 Å². The van der Waals surface area contributed by atoms with E-state index >= 15 is 0 Å². The van der Waals surface area contributed by atoms with Gasteiger partial charge in [0.25, 0.3) is 0 Å². The maximum Gasteiger partial charge on any atom is 0.147 e. The molecule has 1 fully saturated rings. The number of hydrogen-bond donors (Lipinski definition) is 1. The third-order valence-electron chi connectivity index (χ3n) is 5.14. The van der Waals surface area contributed by atoms with Crippen molar-refractivity contribution in [2.75, 3.05) is 37.6 Å². The third-order valence-corrected chi connectivity index (χ3v) is 5.14. The predicted molar refractivity (Wildman–Crippen MR) is 111 cm³/mol. The van der Waals surface area contributed by atoms with Crippen LogP contribution in [0.25, 0.3) is 0 Å². The Balaban J connectivity index is 1.37. The van der Waals surface area contributed by atoms with Gasteiger partial charge in [0.05, 0.1) is 11.9 Å². The molecule has 1 saturated heterocycles. The van der Waals surface area contributed by atoms with Gasteiger partial charge in [0.2, 0.25) is 0 Å². The average Bonchev–Trinajstić information content (AvgIpc) is 2.79. The van der Waals surface area contributed by atoms with Crippen LogP contribution >= 0.6 is 0 Å². The van der Waals surface area contributed by atoms with E-state index in [2.05, 4.69) is 66.5 Å². The molecule has 1 aliphatic rings. The first-order valence-corrected chi connectivity index (χ1v) is 9.80. The van der Waals surface area contributed by atoms with Crippen molar-refractivity contribution in [1.29, 1.82) is 0 Å². The average molecular weight is 374 g/mol. The number of aromatic nitrogens is 3. The molecular weight excluding hydrogens is 348 g/mol. The number of pyridine rings is 1. The molecule has 3 heterocycles. The monoisotopic (exact) mass is 374 g/mol. The van der Waals surface area contributed by atoms with Gasteiger partial charge in [-0.05, 0) is 17.7 Å². The quantitative estimate of drug-likeness (QED) is 0.686. The van der Waals surface area contributed by atoms with E-state index in [0.29, 0.717) is 0 Å². The van der Waals surface area contributed by atoms with Gasteiger partial charge in [-0.2, -0.15) is 0 Å². The van der Waals surface area contributed by atoms with Crippen LogP contribution in [0, 0.1) is 0 Å². The summed E-state index contributed by atoms with van der Waals surface area (Å²) in [6, 6.07) is 17.0. The number of anilines is 1. The number of hydrogen-bond acceptors (Lipinski definition) is 6. The molecule has 0 bridgehead atoms. The van der Waals surface area contributed by atoms with Gasteiger partial charge in [-0.25, -0.2) is 4.98 Å². The molecule has 0 amide bonds. The van der Waals surface area contributed by atoms with Crippen molar-refractivity contribution < 1.29 is 0 Å². The number of nitrogens with zero attached hydrogens (tertiary/aromatic N) is 5. The molecule has 28 heavy (non-hydrogen) atoms. The normalized spacial score (nSPS) is 16.1. The lowest BCUT2D eigenvalue weighted by Crippen LogP contribution is -2.49. The first-order valence-electron chi connectivity index (χ1n) is 9.80. The van der Waals surface area contributed by atoms with Gasteiger partial charge in [-0.1, -0.05) is 36.4 Å². The zero-order valence-electron chi connectivity index (χ0n) is 16.0. The highest BCUT2D eigenvalue weighted by Crippen LogP contribution is 2.18. The summed E-state index contributed by atoms with van der Waals surface area (Å²) in [6.07, 6.45) is 7.17. The Labute approximate surface area is 166 Å². The van der Waals surface area contributed by atoms with Crippen molar-refractivity contribution in [1.82, 2.24) is 25.2 Å². The molecular formula is C22H26N6. The molecule has 0 saturated carbocycles. The van der Waals surface area contributed by atoms with Gasteiger partial charge in [-0.3, -0.25) is 14.9 Å². The van der Waals surface area contributed by atoms with E-state index in [9.17, 15) is 0 Å². The van der Waals surface area contributed by atoms with Crippen LogP contribution < -0.4 is 10.2 Å². The Morgan fingerprint density at radius 1 is 0.857 bits per heavy atom. The van der Waals surface area contributed by atoms with E-state index in [1.165, 1.54) is 5.56 Å². The lowest BCUT2D eigenvalue weighted by Gasteiger charge is -2.37. The molecule has 6 heteroatoms. The number of nitrogens with one attached hydrogen (secondary N) is 1. The van der Waals surface area contributed by atoms with Gasteiger partial charge >= 0.3 is 0 Å². The molecule has 0 spiro atoms. The summed E-state index contributed by atoms with van der Waals surface area (Å²) < 4.78 is 0. The summed E-state index contributed by atoms with van der Waals surface area (Å²) in [5, 5.41) is 3.70. The fourth-order valence-electron chi connectivity index (χ4n) is 3.58. The first kappa shape index (κ1) is 18.5. The summed E-state index contributed by atoms with van der Waals surface area (Å²) in [6.45, 7) is 5.72. The molecule has 1 aliphatic heterocycles. The molecule has 6 nitrogen and oxygen atoms in total. The van der Waals surface area contributed by atoms with Crippen LogP contribution in [0.1, 0.15) is 17.3 Å². The second-order valence-electron chi connectivity index (χ2n) is 7.02. The number of rotatable bonds is 7. The van der Waals surface area contributed by atoms with Crippen LogP contribution in [0.4, 0.5) is 5.82 Å². The highest BCUT2D eigenvalue weighted by Gasteiger charge is 2.21. The second kappa shape index (κ2) is 9.39. The molecule has 0 aliphatic carbocycles. The van der Waals surface area contributed by atoms with Crippen molar-refractivity contribution in [2.24, 2.45) is 0 Å². The van der Waals surface area contributed by atoms with Crippen molar-refractivity contribution >= 4 is 5.82 Å². The molecule has 1 unspecified atom stereocenters. The summed E-state index contributed by atoms with van der Waals surface area (Å²) >= 11 is 0. The molecule has 1 atom stereocenters. The number of benzene rings is 1. The minimum atomic E-state index is 0.270. The Hall–Kier alpha value is -2.83. The summed E-state index contributed by atoms with van der Waals surface area (Å²) in [4.78, 5) is 17.9. The fraction of sp³-hybridized carbons (Fsp3) is 0.318.